The Kier molecular flexibility index (Phi) is 6.14. The Labute approximate surface area is 118 Å². The molecule has 1 aromatic carbocycles. The molecule has 0 aliphatic carbocycles. The highest BCUT2D eigenvalue weighted by molar-refractivity contribution is 5.96. The minimum atomic E-state index is -0.568. The smallest absolute Gasteiger partial charge is 0.250 e. The van der Waals surface area contributed by atoms with E-state index in [1.54, 1.807) is 24.3 Å². The van der Waals surface area contributed by atoms with Gasteiger partial charge in [0.25, 0.3) is 0 Å². The van der Waals surface area contributed by atoms with Crippen molar-refractivity contribution in [3.63, 3.8) is 0 Å². The van der Waals surface area contributed by atoms with Crippen molar-refractivity contribution in [2.45, 2.75) is 19.9 Å². The summed E-state index contributed by atoms with van der Waals surface area (Å²) in [5, 5.41) is 5.38. The molecule has 110 valence electrons. The number of hydrogen-bond acceptors (Lipinski definition) is 4. The third kappa shape index (κ3) is 4.99. The quantitative estimate of drug-likeness (QED) is 0.729. The van der Waals surface area contributed by atoms with Crippen LogP contribution in [-0.4, -0.2) is 31.6 Å². The molecule has 2 amide bonds. The predicted molar refractivity (Wildman–Crippen MR) is 78.4 cm³/mol. The van der Waals surface area contributed by atoms with E-state index in [2.05, 4.69) is 10.6 Å². The second-order valence-electron chi connectivity index (χ2n) is 4.82. The third-order valence-corrected chi connectivity index (χ3v) is 2.71. The molecule has 0 radical (unpaired) electrons. The van der Waals surface area contributed by atoms with E-state index in [1.807, 2.05) is 13.8 Å². The van der Waals surface area contributed by atoms with Gasteiger partial charge < -0.3 is 21.1 Å². The van der Waals surface area contributed by atoms with Crippen molar-refractivity contribution in [3.05, 3.63) is 24.3 Å². The molecule has 1 aromatic rings. The highest BCUT2D eigenvalue weighted by atomic mass is 16.5. The second-order valence-corrected chi connectivity index (χ2v) is 4.82. The van der Waals surface area contributed by atoms with Gasteiger partial charge in [0.15, 0.2) is 0 Å². The Hall–Kier alpha value is -1.92. The first-order valence-electron chi connectivity index (χ1n) is 6.39. The van der Waals surface area contributed by atoms with Gasteiger partial charge in [0.1, 0.15) is 6.61 Å². The van der Waals surface area contributed by atoms with Crippen molar-refractivity contribution in [2.24, 2.45) is 11.7 Å². The number of carbonyl (C=O) groups is 2. The third-order valence-electron chi connectivity index (χ3n) is 2.71. The average molecular weight is 279 g/mol. The molecule has 0 spiro atoms. The number of benzene rings is 1. The molecule has 4 N–H and O–H groups in total. The monoisotopic (exact) mass is 279 g/mol. The van der Waals surface area contributed by atoms with Crippen LogP contribution in [0.4, 0.5) is 11.4 Å². The van der Waals surface area contributed by atoms with Crippen molar-refractivity contribution >= 4 is 23.2 Å². The van der Waals surface area contributed by atoms with E-state index in [-0.39, 0.29) is 24.3 Å². The van der Waals surface area contributed by atoms with Gasteiger partial charge in [-0.15, -0.1) is 0 Å². The molecule has 0 aromatic heterocycles. The fourth-order valence-corrected chi connectivity index (χ4v) is 1.53. The summed E-state index contributed by atoms with van der Waals surface area (Å²) in [6.07, 6.45) is 0. The van der Waals surface area contributed by atoms with Crippen LogP contribution in [0.1, 0.15) is 13.8 Å². The van der Waals surface area contributed by atoms with Gasteiger partial charge in [-0.1, -0.05) is 19.9 Å². The molecule has 0 aliphatic rings. The molecule has 0 unspecified atom stereocenters. The molecule has 20 heavy (non-hydrogen) atoms. The molecule has 0 fully saturated rings. The minimum absolute atomic E-state index is 0.0190. The summed E-state index contributed by atoms with van der Waals surface area (Å²) < 4.78 is 4.73. The molecular weight excluding hydrogens is 258 g/mol. The van der Waals surface area contributed by atoms with Gasteiger partial charge in [-0.25, -0.2) is 0 Å². The van der Waals surface area contributed by atoms with Crippen molar-refractivity contribution in [1.29, 1.82) is 0 Å². The van der Waals surface area contributed by atoms with Gasteiger partial charge in [-0.3, -0.25) is 9.59 Å². The lowest BCUT2D eigenvalue weighted by atomic mass is 10.0. The molecule has 1 rings (SSSR count). The number of nitrogens with two attached hydrogens (primary N) is 1. The zero-order valence-electron chi connectivity index (χ0n) is 12.0. The van der Waals surface area contributed by atoms with Crippen LogP contribution < -0.4 is 16.4 Å². The van der Waals surface area contributed by atoms with Gasteiger partial charge in [0, 0.05) is 18.5 Å². The lowest BCUT2D eigenvalue weighted by Gasteiger charge is -2.15. The van der Waals surface area contributed by atoms with Crippen LogP contribution in [0.3, 0.4) is 0 Å². The van der Waals surface area contributed by atoms with Gasteiger partial charge in [0.05, 0.1) is 6.04 Å². The Bertz CT molecular complexity index is 474. The van der Waals surface area contributed by atoms with Crippen molar-refractivity contribution < 1.29 is 14.3 Å². The predicted octanol–water partition coefficient (Wildman–Crippen LogP) is 1.19. The first kappa shape index (κ1) is 16.1. The lowest BCUT2D eigenvalue weighted by molar-refractivity contribution is -0.119. The largest absolute Gasteiger partial charge is 0.375 e. The average Bonchev–Trinajstić information content (AvgIpc) is 2.38. The van der Waals surface area contributed by atoms with Crippen LogP contribution in [0.2, 0.25) is 0 Å². The highest BCUT2D eigenvalue weighted by Crippen LogP contribution is 2.15. The summed E-state index contributed by atoms with van der Waals surface area (Å²) in [6, 6.07) is 6.29. The van der Waals surface area contributed by atoms with E-state index in [1.165, 1.54) is 7.11 Å². The van der Waals surface area contributed by atoms with Crippen LogP contribution in [0.5, 0.6) is 0 Å². The van der Waals surface area contributed by atoms with E-state index in [0.29, 0.717) is 11.4 Å². The number of hydrogen-bond donors (Lipinski definition) is 3. The van der Waals surface area contributed by atoms with Crippen molar-refractivity contribution in [1.82, 2.24) is 0 Å². The van der Waals surface area contributed by atoms with Gasteiger partial charge >= 0.3 is 0 Å². The molecule has 0 aliphatic heterocycles. The summed E-state index contributed by atoms with van der Waals surface area (Å²) in [5.41, 5.74) is 6.94. The van der Waals surface area contributed by atoms with Gasteiger partial charge in [-0.05, 0) is 24.1 Å². The second kappa shape index (κ2) is 7.62. The summed E-state index contributed by atoms with van der Waals surface area (Å²) >= 11 is 0. The standard InChI is InChI=1S/C14H21N3O3/c1-9(2)13(15)14(19)17-11-6-4-5-10(7-11)16-12(18)8-20-3/h4-7,9,13H,8,15H2,1-3H3,(H,16,18)(H,17,19)/t13-/m0/s1. The fourth-order valence-electron chi connectivity index (χ4n) is 1.53. The first-order chi connectivity index (χ1) is 9.43. The summed E-state index contributed by atoms with van der Waals surface area (Å²) in [7, 11) is 1.45. The number of anilines is 2. The molecule has 0 saturated carbocycles. The van der Waals surface area contributed by atoms with Crippen LogP contribution in [-0.2, 0) is 14.3 Å². The Balaban J connectivity index is 2.68. The molecule has 6 nitrogen and oxygen atoms in total. The number of amides is 2. The molecule has 0 saturated heterocycles. The Morgan fingerprint density at radius 1 is 1.25 bits per heavy atom. The van der Waals surface area contributed by atoms with Crippen LogP contribution in [0, 0.1) is 5.92 Å². The van der Waals surface area contributed by atoms with Crippen molar-refractivity contribution in [2.75, 3.05) is 24.4 Å². The number of nitrogens with one attached hydrogen (secondary N) is 2. The zero-order valence-corrected chi connectivity index (χ0v) is 12.0. The summed E-state index contributed by atoms with van der Waals surface area (Å²) in [5.74, 6) is -0.449. The fraction of sp³-hybridized carbons (Fsp3) is 0.429. The van der Waals surface area contributed by atoms with E-state index in [4.69, 9.17) is 10.5 Å². The minimum Gasteiger partial charge on any atom is -0.375 e. The number of ether oxygens (including phenoxy) is 1. The maximum atomic E-state index is 11.8. The Morgan fingerprint density at radius 2 is 1.85 bits per heavy atom. The first-order valence-corrected chi connectivity index (χ1v) is 6.39. The zero-order chi connectivity index (χ0) is 15.1. The van der Waals surface area contributed by atoms with Crippen LogP contribution >= 0.6 is 0 Å². The SMILES string of the molecule is COCC(=O)Nc1cccc(NC(=O)[C@@H](N)C(C)C)c1. The molecule has 0 bridgehead atoms. The van der Waals surface area contributed by atoms with Gasteiger partial charge in [0.2, 0.25) is 11.8 Å². The maximum absolute atomic E-state index is 11.8. The van der Waals surface area contributed by atoms with Gasteiger partial charge in [-0.2, -0.15) is 0 Å². The lowest BCUT2D eigenvalue weighted by Crippen LogP contribution is -2.39. The normalized spacial score (nSPS) is 12.1. The topological polar surface area (TPSA) is 93.5 Å². The summed E-state index contributed by atoms with van der Waals surface area (Å²) in [4.78, 5) is 23.2. The Morgan fingerprint density at radius 3 is 2.40 bits per heavy atom. The number of carbonyl (C=O) groups excluding carboxylic acids is 2. The van der Waals surface area contributed by atoms with E-state index in [0.717, 1.165) is 0 Å². The number of rotatable bonds is 6. The van der Waals surface area contributed by atoms with E-state index in [9.17, 15) is 9.59 Å². The molecule has 6 heteroatoms. The molecular formula is C14H21N3O3. The summed E-state index contributed by atoms with van der Waals surface area (Å²) in [6.45, 7) is 3.74. The van der Waals surface area contributed by atoms with Crippen LogP contribution in [0.15, 0.2) is 24.3 Å². The molecule has 1 atom stereocenters. The van der Waals surface area contributed by atoms with Crippen molar-refractivity contribution in [3.8, 4) is 0 Å². The highest BCUT2D eigenvalue weighted by Gasteiger charge is 2.17. The van der Waals surface area contributed by atoms with Crippen LogP contribution in [0.25, 0.3) is 0 Å². The maximum Gasteiger partial charge on any atom is 0.250 e. The van der Waals surface area contributed by atoms with E-state index >= 15 is 0 Å². The van der Waals surface area contributed by atoms with E-state index < -0.39 is 6.04 Å². The molecule has 0 heterocycles. The number of methoxy groups -OCH3 is 1.